The molecule has 2 bridgehead atoms. The molecule has 2 rings (SSSR count). The van der Waals surface area contributed by atoms with Crippen LogP contribution in [-0.4, -0.2) is 0 Å². The summed E-state index contributed by atoms with van der Waals surface area (Å²) in [5, 5.41) is 8.62. The molecule has 0 amide bonds. The first-order valence-electron chi connectivity index (χ1n) is 3.63. The van der Waals surface area contributed by atoms with Crippen molar-refractivity contribution >= 4 is 0 Å². The van der Waals surface area contributed by atoms with Crippen LogP contribution in [0.4, 0.5) is 0 Å². The minimum atomic E-state index is 0.378. The van der Waals surface area contributed by atoms with E-state index in [0.717, 1.165) is 5.92 Å². The molecule has 9 heavy (non-hydrogen) atoms. The highest BCUT2D eigenvalue weighted by Crippen LogP contribution is 2.47. The Kier molecular flexibility index (Phi) is 1.02. The van der Waals surface area contributed by atoms with Gasteiger partial charge in [0.05, 0.1) is 6.07 Å². The van der Waals surface area contributed by atoms with E-state index in [4.69, 9.17) is 5.26 Å². The zero-order chi connectivity index (χ0) is 6.27. The smallest absolute Gasteiger partial charge is 0.0658 e. The van der Waals surface area contributed by atoms with Gasteiger partial charge in [0.2, 0.25) is 0 Å². The van der Waals surface area contributed by atoms with Gasteiger partial charge in [-0.05, 0) is 37.5 Å². The van der Waals surface area contributed by atoms with Gasteiger partial charge in [0.1, 0.15) is 0 Å². The second-order valence-corrected chi connectivity index (χ2v) is 3.21. The second kappa shape index (κ2) is 1.73. The van der Waals surface area contributed by atoms with Crippen LogP contribution >= 0.6 is 0 Å². The molecule has 0 aromatic rings. The molecule has 0 N–H and O–H groups in total. The van der Waals surface area contributed by atoms with Crippen LogP contribution in [0.1, 0.15) is 19.3 Å². The third-order valence-corrected chi connectivity index (χ3v) is 2.65. The van der Waals surface area contributed by atoms with Gasteiger partial charge in [0.25, 0.3) is 0 Å². The summed E-state index contributed by atoms with van der Waals surface area (Å²) in [5.41, 5.74) is 0. The standard InChI is InChI=1S/C8H10N/c9-5-8-4-6-1-2-7(8)3-6/h2,6-8H,1,3-4H2. The number of hydrogen-bond acceptors (Lipinski definition) is 1. The molecule has 2 aliphatic rings. The molecule has 3 unspecified atom stereocenters. The Hall–Kier alpha value is -0.510. The predicted octanol–water partition coefficient (Wildman–Crippen LogP) is 1.76. The monoisotopic (exact) mass is 120 g/mol. The quantitative estimate of drug-likeness (QED) is 0.478. The molecule has 2 aliphatic carbocycles. The fourth-order valence-electron chi connectivity index (χ4n) is 2.15. The van der Waals surface area contributed by atoms with Crippen LogP contribution in [0.15, 0.2) is 0 Å². The van der Waals surface area contributed by atoms with E-state index in [9.17, 15) is 0 Å². The summed E-state index contributed by atoms with van der Waals surface area (Å²) in [6.45, 7) is 0. The molecule has 1 nitrogen and oxygen atoms in total. The molecule has 1 radical (unpaired) electrons. The van der Waals surface area contributed by atoms with E-state index in [1.54, 1.807) is 0 Å². The van der Waals surface area contributed by atoms with Crippen molar-refractivity contribution in [3.05, 3.63) is 6.42 Å². The van der Waals surface area contributed by atoms with Crippen molar-refractivity contribution < 1.29 is 0 Å². The molecule has 0 heterocycles. The summed E-state index contributed by atoms with van der Waals surface area (Å²) < 4.78 is 0. The van der Waals surface area contributed by atoms with Crippen LogP contribution in [0.5, 0.6) is 0 Å². The fraction of sp³-hybridized carbons (Fsp3) is 0.750. The molecule has 0 aromatic heterocycles. The molecular formula is C8H10N. The van der Waals surface area contributed by atoms with Gasteiger partial charge in [-0.15, -0.1) is 0 Å². The number of nitriles is 1. The minimum Gasteiger partial charge on any atom is -0.198 e. The number of rotatable bonds is 0. The van der Waals surface area contributed by atoms with E-state index in [1.807, 2.05) is 0 Å². The van der Waals surface area contributed by atoms with Crippen LogP contribution in [-0.2, 0) is 0 Å². The SMILES string of the molecule is N#CC1CC2C[CH]C1C2. The highest BCUT2D eigenvalue weighted by atomic mass is 14.4. The molecule has 47 valence electrons. The van der Waals surface area contributed by atoms with Crippen molar-refractivity contribution in [2.24, 2.45) is 17.8 Å². The first-order valence-corrected chi connectivity index (χ1v) is 3.63. The van der Waals surface area contributed by atoms with Gasteiger partial charge >= 0.3 is 0 Å². The molecule has 3 atom stereocenters. The number of fused-ring (bicyclic) bond motifs is 2. The van der Waals surface area contributed by atoms with Crippen molar-refractivity contribution in [2.45, 2.75) is 19.3 Å². The molecule has 0 spiro atoms. The van der Waals surface area contributed by atoms with E-state index in [1.165, 1.54) is 19.3 Å². The molecule has 0 aromatic carbocycles. The molecule has 2 fully saturated rings. The van der Waals surface area contributed by atoms with Crippen LogP contribution in [0.2, 0.25) is 0 Å². The van der Waals surface area contributed by atoms with Crippen LogP contribution in [0.25, 0.3) is 0 Å². The Morgan fingerprint density at radius 2 is 2.33 bits per heavy atom. The van der Waals surface area contributed by atoms with E-state index >= 15 is 0 Å². The van der Waals surface area contributed by atoms with E-state index in [2.05, 4.69) is 12.5 Å². The Morgan fingerprint density at radius 3 is 2.67 bits per heavy atom. The molecule has 0 aliphatic heterocycles. The minimum absolute atomic E-state index is 0.378. The maximum absolute atomic E-state index is 8.62. The Labute approximate surface area is 55.7 Å². The van der Waals surface area contributed by atoms with E-state index in [0.29, 0.717) is 11.8 Å². The highest BCUT2D eigenvalue weighted by Gasteiger charge is 2.39. The lowest BCUT2D eigenvalue weighted by Crippen LogP contribution is -2.07. The second-order valence-electron chi connectivity index (χ2n) is 3.21. The number of hydrogen-bond donors (Lipinski definition) is 0. The zero-order valence-electron chi connectivity index (χ0n) is 5.38. The predicted molar refractivity (Wildman–Crippen MR) is 34.2 cm³/mol. The summed E-state index contributed by atoms with van der Waals surface area (Å²) in [6.07, 6.45) is 6.10. The first-order chi connectivity index (χ1) is 4.40. The van der Waals surface area contributed by atoms with Crippen LogP contribution < -0.4 is 0 Å². The van der Waals surface area contributed by atoms with Gasteiger partial charge in [0.15, 0.2) is 0 Å². The van der Waals surface area contributed by atoms with Gasteiger partial charge in [-0.3, -0.25) is 0 Å². The van der Waals surface area contributed by atoms with Crippen molar-refractivity contribution in [1.29, 1.82) is 5.26 Å². The lowest BCUT2D eigenvalue weighted by molar-refractivity contribution is 0.477. The maximum Gasteiger partial charge on any atom is 0.0658 e. The Balaban J connectivity index is 2.12. The third kappa shape index (κ3) is 0.660. The largest absolute Gasteiger partial charge is 0.198 e. The average Bonchev–Trinajstić information content (AvgIpc) is 2.45. The van der Waals surface area contributed by atoms with Crippen molar-refractivity contribution in [3.63, 3.8) is 0 Å². The van der Waals surface area contributed by atoms with Gasteiger partial charge in [-0.1, -0.05) is 0 Å². The summed E-state index contributed by atoms with van der Waals surface area (Å²) in [7, 11) is 0. The lowest BCUT2D eigenvalue weighted by atomic mass is 9.90. The Morgan fingerprint density at radius 1 is 1.44 bits per heavy atom. The van der Waals surface area contributed by atoms with Crippen LogP contribution in [0.3, 0.4) is 0 Å². The molecule has 1 heteroatoms. The van der Waals surface area contributed by atoms with Crippen molar-refractivity contribution in [2.75, 3.05) is 0 Å². The van der Waals surface area contributed by atoms with E-state index < -0.39 is 0 Å². The van der Waals surface area contributed by atoms with Gasteiger partial charge in [0, 0.05) is 5.92 Å². The van der Waals surface area contributed by atoms with E-state index in [-0.39, 0.29) is 0 Å². The lowest BCUT2D eigenvalue weighted by Gasteiger charge is -2.12. The first kappa shape index (κ1) is 5.29. The summed E-state index contributed by atoms with van der Waals surface area (Å²) in [6, 6.07) is 2.36. The summed E-state index contributed by atoms with van der Waals surface area (Å²) in [4.78, 5) is 0. The van der Waals surface area contributed by atoms with Gasteiger partial charge in [-0.2, -0.15) is 5.26 Å². The normalized spacial score (nSPS) is 47.2. The zero-order valence-corrected chi connectivity index (χ0v) is 5.38. The van der Waals surface area contributed by atoms with Gasteiger partial charge in [-0.25, -0.2) is 0 Å². The molecular weight excluding hydrogens is 110 g/mol. The topological polar surface area (TPSA) is 23.8 Å². The Bertz CT molecular complexity index is 156. The third-order valence-electron chi connectivity index (χ3n) is 2.65. The van der Waals surface area contributed by atoms with Gasteiger partial charge < -0.3 is 0 Å². The average molecular weight is 120 g/mol. The maximum atomic E-state index is 8.62. The molecule has 0 saturated heterocycles. The summed E-state index contributed by atoms with van der Waals surface area (Å²) >= 11 is 0. The van der Waals surface area contributed by atoms with Crippen molar-refractivity contribution in [1.82, 2.24) is 0 Å². The fourth-order valence-corrected chi connectivity index (χ4v) is 2.15. The summed E-state index contributed by atoms with van der Waals surface area (Å²) in [5.74, 6) is 1.92. The van der Waals surface area contributed by atoms with Crippen LogP contribution in [0, 0.1) is 35.5 Å². The van der Waals surface area contributed by atoms with Crippen molar-refractivity contribution in [3.8, 4) is 6.07 Å². The number of nitrogens with zero attached hydrogens (tertiary/aromatic N) is 1. The highest BCUT2D eigenvalue weighted by molar-refractivity contribution is 5.06. The molecule has 2 saturated carbocycles.